The molecule has 4 heteroatoms. The van der Waals surface area contributed by atoms with Crippen molar-refractivity contribution in [2.24, 2.45) is 0 Å². The smallest absolute Gasteiger partial charge is 0.227 e. The first kappa shape index (κ1) is 11.1. The summed E-state index contributed by atoms with van der Waals surface area (Å²) in [5.41, 5.74) is 1.79. The van der Waals surface area contributed by atoms with Crippen LogP contribution in [0.5, 0.6) is 0 Å². The van der Waals surface area contributed by atoms with Gasteiger partial charge in [-0.2, -0.15) is 5.26 Å². The van der Waals surface area contributed by atoms with E-state index < -0.39 is 0 Å². The first-order valence-corrected chi connectivity index (χ1v) is 5.10. The van der Waals surface area contributed by atoms with Crippen molar-refractivity contribution in [3.63, 3.8) is 0 Å². The summed E-state index contributed by atoms with van der Waals surface area (Å²) in [7, 11) is 0. The van der Waals surface area contributed by atoms with Crippen LogP contribution in [0.25, 0.3) is 11.5 Å². The number of carbonyl (C=O) groups excluding carboxylic acids is 1. The first-order valence-electron chi connectivity index (χ1n) is 5.10. The molecule has 0 aliphatic heterocycles. The van der Waals surface area contributed by atoms with E-state index in [2.05, 4.69) is 4.98 Å². The van der Waals surface area contributed by atoms with Crippen molar-refractivity contribution in [1.82, 2.24) is 4.98 Å². The summed E-state index contributed by atoms with van der Waals surface area (Å²) >= 11 is 0. The lowest BCUT2D eigenvalue weighted by atomic mass is 10.1. The summed E-state index contributed by atoms with van der Waals surface area (Å²) in [5, 5.41) is 8.80. The van der Waals surface area contributed by atoms with E-state index in [-0.39, 0.29) is 11.5 Å². The van der Waals surface area contributed by atoms with E-state index in [1.807, 2.05) is 6.07 Å². The zero-order valence-electron chi connectivity index (χ0n) is 9.52. The Morgan fingerprint density at radius 3 is 2.82 bits per heavy atom. The van der Waals surface area contributed by atoms with E-state index in [1.165, 1.54) is 6.92 Å². The van der Waals surface area contributed by atoms with Gasteiger partial charge in [0.15, 0.2) is 11.5 Å². The molecule has 1 heterocycles. The molecule has 2 aromatic rings. The number of benzene rings is 1. The SMILES string of the molecule is CC(=O)c1oc(-c2cccc(C#N)c2)nc1C. The van der Waals surface area contributed by atoms with Gasteiger partial charge in [-0.25, -0.2) is 4.98 Å². The molecule has 0 saturated heterocycles. The minimum atomic E-state index is -0.155. The third-order valence-electron chi connectivity index (χ3n) is 2.35. The number of hydrogen-bond donors (Lipinski definition) is 0. The van der Waals surface area contributed by atoms with Gasteiger partial charge < -0.3 is 4.42 Å². The number of aromatic nitrogens is 1. The Labute approximate surface area is 98.5 Å². The lowest BCUT2D eigenvalue weighted by Gasteiger charge is -1.95. The summed E-state index contributed by atoms with van der Waals surface area (Å²) in [6, 6.07) is 8.96. The Balaban J connectivity index is 2.50. The van der Waals surface area contributed by atoms with Crippen LogP contribution in [-0.4, -0.2) is 10.8 Å². The second-order valence-corrected chi connectivity index (χ2v) is 3.68. The van der Waals surface area contributed by atoms with Crippen LogP contribution in [0.15, 0.2) is 28.7 Å². The van der Waals surface area contributed by atoms with Crippen molar-refractivity contribution < 1.29 is 9.21 Å². The summed E-state index contributed by atoms with van der Waals surface area (Å²) in [4.78, 5) is 15.4. The molecule has 1 aromatic heterocycles. The number of ketones is 1. The van der Waals surface area contributed by atoms with Gasteiger partial charge in [0.25, 0.3) is 0 Å². The molecule has 0 radical (unpaired) electrons. The Hall–Kier alpha value is -2.41. The molecule has 0 saturated carbocycles. The zero-order chi connectivity index (χ0) is 12.4. The predicted molar refractivity (Wildman–Crippen MR) is 61.4 cm³/mol. The van der Waals surface area contributed by atoms with Crippen LogP contribution in [-0.2, 0) is 0 Å². The number of Topliss-reactive ketones (excluding diaryl/α,β-unsaturated/α-hetero) is 1. The van der Waals surface area contributed by atoms with Crippen LogP contribution in [0.2, 0.25) is 0 Å². The van der Waals surface area contributed by atoms with Crippen molar-refractivity contribution in [3.8, 4) is 17.5 Å². The molecular formula is C13H10N2O2. The summed E-state index contributed by atoms with van der Waals surface area (Å²) in [6.07, 6.45) is 0. The third kappa shape index (κ3) is 2.08. The van der Waals surface area contributed by atoms with E-state index in [0.29, 0.717) is 22.7 Å². The molecule has 0 aliphatic rings. The molecule has 0 spiro atoms. The maximum absolute atomic E-state index is 11.2. The van der Waals surface area contributed by atoms with Gasteiger partial charge in [0.1, 0.15) is 0 Å². The van der Waals surface area contributed by atoms with E-state index >= 15 is 0 Å². The second-order valence-electron chi connectivity index (χ2n) is 3.68. The van der Waals surface area contributed by atoms with Crippen LogP contribution in [0.4, 0.5) is 0 Å². The fourth-order valence-electron chi connectivity index (χ4n) is 1.57. The number of nitriles is 1. The highest BCUT2D eigenvalue weighted by atomic mass is 16.4. The predicted octanol–water partition coefficient (Wildman–Crippen LogP) is 2.72. The van der Waals surface area contributed by atoms with Crippen LogP contribution in [0.1, 0.15) is 28.7 Å². The monoisotopic (exact) mass is 226 g/mol. The number of hydrogen-bond acceptors (Lipinski definition) is 4. The average Bonchev–Trinajstić information content (AvgIpc) is 2.71. The molecule has 2 rings (SSSR count). The highest BCUT2D eigenvalue weighted by Gasteiger charge is 2.14. The molecule has 0 unspecified atom stereocenters. The van der Waals surface area contributed by atoms with Crippen molar-refractivity contribution in [2.75, 3.05) is 0 Å². The molecule has 4 nitrogen and oxygen atoms in total. The van der Waals surface area contributed by atoms with E-state index in [4.69, 9.17) is 9.68 Å². The summed E-state index contributed by atoms with van der Waals surface area (Å²) in [6.45, 7) is 3.15. The zero-order valence-corrected chi connectivity index (χ0v) is 9.52. The lowest BCUT2D eigenvalue weighted by molar-refractivity contribution is 0.0987. The summed E-state index contributed by atoms with van der Waals surface area (Å²) in [5.74, 6) is 0.477. The van der Waals surface area contributed by atoms with Crippen molar-refractivity contribution in [3.05, 3.63) is 41.3 Å². The quantitative estimate of drug-likeness (QED) is 0.738. The third-order valence-corrected chi connectivity index (χ3v) is 2.35. The minimum absolute atomic E-state index is 0.155. The largest absolute Gasteiger partial charge is 0.433 e. The molecule has 1 aromatic carbocycles. The summed E-state index contributed by atoms with van der Waals surface area (Å²) < 4.78 is 5.39. The van der Waals surface area contributed by atoms with Gasteiger partial charge in [0.05, 0.1) is 17.3 Å². The van der Waals surface area contributed by atoms with Gasteiger partial charge in [0, 0.05) is 12.5 Å². The topological polar surface area (TPSA) is 66.9 Å². The van der Waals surface area contributed by atoms with Crippen molar-refractivity contribution >= 4 is 5.78 Å². The fraction of sp³-hybridized carbons (Fsp3) is 0.154. The minimum Gasteiger partial charge on any atom is -0.433 e. The molecular weight excluding hydrogens is 216 g/mol. The highest BCUT2D eigenvalue weighted by Crippen LogP contribution is 2.22. The first-order chi connectivity index (χ1) is 8.11. The standard InChI is InChI=1S/C13H10N2O2/c1-8-12(9(2)16)17-13(15-8)11-5-3-4-10(6-11)7-14/h3-6H,1-2H3. The molecule has 0 N–H and O–H groups in total. The maximum atomic E-state index is 11.2. The number of nitrogens with zero attached hydrogens (tertiary/aromatic N) is 2. The van der Waals surface area contributed by atoms with Crippen LogP contribution < -0.4 is 0 Å². The number of oxazole rings is 1. The highest BCUT2D eigenvalue weighted by molar-refractivity contribution is 5.92. The van der Waals surface area contributed by atoms with Gasteiger partial charge >= 0.3 is 0 Å². The van der Waals surface area contributed by atoms with Gasteiger partial charge in [-0.1, -0.05) is 6.07 Å². The Morgan fingerprint density at radius 2 is 2.24 bits per heavy atom. The normalized spacial score (nSPS) is 9.94. The van der Waals surface area contributed by atoms with E-state index in [1.54, 1.807) is 31.2 Å². The Kier molecular flexibility index (Phi) is 2.75. The average molecular weight is 226 g/mol. The molecule has 0 atom stereocenters. The second kappa shape index (κ2) is 4.22. The van der Waals surface area contributed by atoms with Crippen LogP contribution in [0.3, 0.4) is 0 Å². The lowest BCUT2D eigenvalue weighted by Crippen LogP contribution is -1.90. The number of carbonyl (C=O) groups is 1. The Bertz CT molecular complexity index is 621. The molecule has 0 bridgehead atoms. The molecule has 84 valence electrons. The van der Waals surface area contributed by atoms with Crippen molar-refractivity contribution in [2.45, 2.75) is 13.8 Å². The van der Waals surface area contributed by atoms with Crippen LogP contribution >= 0.6 is 0 Å². The van der Waals surface area contributed by atoms with Crippen molar-refractivity contribution in [1.29, 1.82) is 5.26 Å². The van der Waals surface area contributed by atoms with Gasteiger partial charge in [-0.15, -0.1) is 0 Å². The van der Waals surface area contributed by atoms with Gasteiger partial charge in [-0.05, 0) is 25.1 Å². The maximum Gasteiger partial charge on any atom is 0.227 e. The molecule has 0 amide bonds. The molecule has 0 aliphatic carbocycles. The Morgan fingerprint density at radius 1 is 1.47 bits per heavy atom. The van der Waals surface area contributed by atoms with Gasteiger partial charge in [0.2, 0.25) is 5.89 Å². The molecule has 17 heavy (non-hydrogen) atoms. The van der Waals surface area contributed by atoms with E-state index in [0.717, 1.165) is 0 Å². The van der Waals surface area contributed by atoms with Gasteiger partial charge in [-0.3, -0.25) is 4.79 Å². The molecule has 0 fully saturated rings. The fourth-order valence-corrected chi connectivity index (χ4v) is 1.57. The number of aryl methyl sites for hydroxylation is 1. The van der Waals surface area contributed by atoms with Crippen LogP contribution in [0, 0.1) is 18.3 Å². The number of rotatable bonds is 2. The van der Waals surface area contributed by atoms with E-state index in [9.17, 15) is 4.79 Å².